The van der Waals surface area contributed by atoms with E-state index >= 15 is 0 Å². The third-order valence-electron chi connectivity index (χ3n) is 3.70. The van der Waals surface area contributed by atoms with Crippen LogP contribution in [0.2, 0.25) is 0 Å². The highest BCUT2D eigenvalue weighted by Gasteiger charge is 2.17. The lowest BCUT2D eigenvalue weighted by molar-refractivity contribution is 0.0949. The third-order valence-corrected chi connectivity index (χ3v) is 3.70. The molecule has 1 aliphatic rings. The second-order valence-electron chi connectivity index (χ2n) is 5.29. The van der Waals surface area contributed by atoms with Crippen molar-refractivity contribution in [1.29, 1.82) is 0 Å². The summed E-state index contributed by atoms with van der Waals surface area (Å²) in [4.78, 5) is 12.4. The Bertz CT molecular complexity index is 460. The summed E-state index contributed by atoms with van der Waals surface area (Å²) in [5.74, 6) is 0.163. The summed E-state index contributed by atoms with van der Waals surface area (Å²) < 4.78 is 5.00. The molecule has 2 N–H and O–H groups in total. The zero-order valence-corrected chi connectivity index (χ0v) is 12.4. The van der Waals surface area contributed by atoms with Crippen LogP contribution in [0.15, 0.2) is 18.2 Å². The Morgan fingerprint density at radius 3 is 3.15 bits per heavy atom. The van der Waals surface area contributed by atoms with Gasteiger partial charge in [-0.3, -0.25) is 4.79 Å². The first-order chi connectivity index (χ1) is 9.72. The summed E-state index contributed by atoms with van der Waals surface area (Å²) in [5.41, 5.74) is 3.24. The maximum atomic E-state index is 12.4. The van der Waals surface area contributed by atoms with Gasteiger partial charge in [0.1, 0.15) is 0 Å². The van der Waals surface area contributed by atoms with Gasteiger partial charge in [-0.15, -0.1) is 0 Å². The van der Waals surface area contributed by atoms with Crippen molar-refractivity contribution >= 4 is 11.5 Å². The van der Waals surface area contributed by atoms with Crippen molar-refractivity contribution < 1.29 is 9.53 Å². The number of anilines is 1. The van der Waals surface area contributed by atoms with Gasteiger partial charge in [-0.25, -0.2) is 0 Å². The molecule has 0 aliphatic carbocycles. The molecule has 1 atom stereocenters. The van der Waals surface area contributed by atoms with Crippen LogP contribution in [0.5, 0.6) is 0 Å². The van der Waals surface area contributed by atoms with E-state index in [1.807, 2.05) is 25.1 Å². The lowest BCUT2D eigenvalue weighted by atomic mass is 9.97. The number of aryl methyl sites for hydroxylation is 1. The molecule has 4 nitrogen and oxygen atoms in total. The normalized spacial score (nSPS) is 15.3. The van der Waals surface area contributed by atoms with E-state index in [9.17, 15) is 4.79 Å². The summed E-state index contributed by atoms with van der Waals surface area (Å²) in [6.45, 7) is 4.47. The predicted molar refractivity (Wildman–Crippen MR) is 81.5 cm³/mol. The molecule has 0 bridgehead atoms. The van der Waals surface area contributed by atoms with Gasteiger partial charge in [-0.05, 0) is 56.5 Å². The second kappa shape index (κ2) is 7.41. The molecule has 1 heterocycles. The Balaban J connectivity index is 1.94. The quantitative estimate of drug-likeness (QED) is 0.592. The third kappa shape index (κ3) is 3.81. The van der Waals surface area contributed by atoms with Gasteiger partial charge in [0, 0.05) is 31.5 Å². The minimum absolute atomic E-state index is 0.151. The second-order valence-corrected chi connectivity index (χ2v) is 5.29. The fourth-order valence-corrected chi connectivity index (χ4v) is 2.51. The Morgan fingerprint density at radius 2 is 2.35 bits per heavy atom. The minimum Gasteiger partial charge on any atom is -0.385 e. The van der Waals surface area contributed by atoms with Crippen molar-refractivity contribution in [2.24, 2.45) is 0 Å². The van der Waals surface area contributed by atoms with Gasteiger partial charge in [0.15, 0.2) is 5.78 Å². The summed E-state index contributed by atoms with van der Waals surface area (Å²) in [6.07, 6.45) is 3.11. The SMILES string of the molecule is COCCCNC(C)C(=O)c1ccc2c(c1)CCCN2. The number of fused-ring (bicyclic) bond motifs is 1. The van der Waals surface area contributed by atoms with Crippen LogP contribution in [0, 0.1) is 0 Å². The van der Waals surface area contributed by atoms with Crippen LogP contribution in [-0.2, 0) is 11.2 Å². The number of rotatable bonds is 7. The van der Waals surface area contributed by atoms with Crippen molar-refractivity contribution in [3.63, 3.8) is 0 Å². The monoisotopic (exact) mass is 276 g/mol. The summed E-state index contributed by atoms with van der Waals surface area (Å²) in [6, 6.07) is 5.84. The molecule has 1 aromatic carbocycles. The molecule has 0 aromatic heterocycles. The Labute approximate surface area is 120 Å². The first kappa shape index (κ1) is 15.0. The van der Waals surface area contributed by atoms with Crippen molar-refractivity contribution in [2.45, 2.75) is 32.2 Å². The molecule has 20 heavy (non-hydrogen) atoms. The number of hydrogen-bond acceptors (Lipinski definition) is 4. The predicted octanol–water partition coefficient (Wildman–Crippen LogP) is 2.24. The zero-order chi connectivity index (χ0) is 14.4. The first-order valence-corrected chi connectivity index (χ1v) is 7.35. The maximum absolute atomic E-state index is 12.4. The Hall–Kier alpha value is -1.39. The van der Waals surface area contributed by atoms with Gasteiger partial charge < -0.3 is 15.4 Å². The van der Waals surface area contributed by atoms with Crippen molar-refractivity contribution in [1.82, 2.24) is 5.32 Å². The van der Waals surface area contributed by atoms with Crippen LogP contribution in [0.4, 0.5) is 5.69 Å². The lowest BCUT2D eigenvalue weighted by Gasteiger charge is -2.19. The maximum Gasteiger partial charge on any atom is 0.179 e. The Morgan fingerprint density at radius 1 is 1.50 bits per heavy atom. The van der Waals surface area contributed by atoms with Crippen LogP contribution in [0.3, 0.4) is 0 Å². The molecule has 1 aliphatic heterocycles. The number of benzene rings is 1. The molecule has 1 aromatic rings. The van der Waals surface area contributed by atoms with E-state index in [1.54, 1.807) is 7.11 Å². The number of hydrogen-bond donors (Lipinski definition) is 2. The van der Waals surface area contributed by atoms with Gasteiger partial charge in [0.2, 0.25) is 0 Å². The molecule has 0 spiro atoms. The molecule has 110 valence electrons. The van der Waals surface area contributed by atoms with Gasteiger partial charge in [0.25, 0.3) is 0 Å². The standard InChI is InChI=1S/C16H24N2O2/c1-12(17-9-4-10-20-2)16(19)14-6-7-15-13(11-14)5-3-8-18-15/h6-7,11-12,17-18H,3-5,8-10H2,1-2H3. The highest BCUT2D eigenvalue weighted by Crippen LogP contribution is 2.23. The molecular formula is C16H24N2O2. The van der Waals surface area contributed by atoms with E-state index in [0.717, 1.165) is 44.5 Å². The number of carbonyl (C=O) groups is 1. The molecule has 2 rings (SSSR count). The highest BCUT2D eigenvalue weighted by molar-refractivity contribution is 6.00. The average molecular weight is 276 g/mol. The number of Topliss-reactive ketones (excluding diaryl/α,β-unsaturated/α-hetero) is 1. The number of ketones is 1. The molecule has 0 saturated carbocycles. The topological polar surface area (TPSA) is 50.4 Å². The fourth-order valence-electron chi connectivity index (χ4n) is 2.51. The number of nitrogens with one attached hydrogen (secondary N) is 2. The minimum atomic E-state index is -0.151. The van der Waals surface area contributed by atoms with E-state index in [2.05, 4.69) is 10.6 Å². The van der Waals surface area contributed by atoms with Crippen LogP contribution < -0.4 is 10.6 Å². The van der Waals surface area contributed by atoms with Gasteiger partial charge in [-0.2, -0.15) is 0 Å². The first-order valence-electron chi connectivity index (χ1n) is 7.35. The van der Waals surface area contributed by atoms with E-state index in [0.29, 0.717) is 0 Å². The van der Waals surface area contributed by atoms with Crippen molar-refractivity contribution in [2.75, 3.05) is 32.1 Å². The van der Waals surface area contributed by atoms with E-state index in [4.69, 9.17) is 4.74 Å². The van der Waals surface area contributed by atoms with Crippen LogP contribution in [0.1, 0.15) is 35.7 Å². The van der Waals surface area contributed by atoms with E-state index in [-0.39, 0.29) is 11.8 Å². The largest absolute Gasteiger partial charge is 0.385 e. The lowest BCUT2D eigenvalue weighted by Crippen LogP contribution is -2.35. The van der Waals surface area contributed by atoms with Gasteiger partial charge in [0.05, 0.1) is 6.04 Å². The average Bonchev–Trinajstić information content (AvgIpc) is 2.50. The fraction of sp³-hybridized carbons (Fsp3) is 0.562. The van der Waals surface area contributed by atoms with Crippen molar-refractivity contribution in [3.05, 3.63) is 29.3 Å². The van der Waals surface area contributed by atoms with Gasteiger partial charge in [-0.1, -0.05) is 0 Å². The van der Waals surface area contributed by atoms with Gasteiger partial charge >= 0.3 is 0 Å². The van der Waals surface area contributed by atoms with Crippen LogP contribution in [-0.4, -0.2) is 38.6 Å². The number of carbonyl (C=O) groups excluding carboxylic acids is 1. The van der Waals surface area contributed by atoms with E-state index in [1.165, 1.54) is 11.3 Å². The zero-order valence-electron chi connectivity index (χ0n) is 12.4. The molecule has 4 heteroatoms. The molecular weight excluding hydrogens is 252 g/mol. The molecule has 0 radical (unpaired) electrons. The summed E-state index contributed by atoms with van der Waals surface area (Å²) >= 11 is 0. The van der Waals surface area contributed by atoms with Crippen LogP contribution in [0.25, 0.3) is 0 Å². The Kier molecular flexibility index (Phi) is 5.56. The number of methoxy groups -OCH3 is 1. The molecule has 0 saturated heterocycles. The van der Waals surface area contributed by atoms with Crippen LogP contribution >= 0.6 is 0 Å². The number of ether oxygens (including phenoxy) is 1. The molecule has 0 fully saturated rings. The molecule has 0 amide bonds. The summed E-state index contributed by atoms with van der Waals surface area (Å²) in [5, 5.41) is 6.62. The van der Waals surface area contributed by atoms with E-state index < -0.39 is 0 Å². The van der Waals surface area contributed by atoms with Crippen molar-refractivity contribution in [3.8, 4) is 0 Å². The highest BCUT2D eigenvalue weighted by atomic mass is 16.5. The summed E-state index contributed by atoms with van der Waals surface area (Å²) in [7, 11) is 1.69. The smallest absolute Gasteiger partial charge is 0.179 e. The molecule has 1 unspecified atom stereocenters.